The highest BCUT2D eigenvalue weighted by atomic mass is 16.9. The third-order valence-corrected chi connectivity index (χ3v) is 7.41. The van der Waals surface area contributed by atoms with Gasteiger partial charge in [0.25, 0.3) is 6.29 Å². The highest BCUT2D eigenvalue weighted by Crippen LogP contribution is 2.35. The number of ether oxygens (including phenoxy) is 11. The molecule has 0 aliphatic rings. The van der Waals surface area contributed by atoms with Crippen LogP contribution in [-0.4, -0.2) is 83.4 Å². The summed E-state index contributed by atoms with van der Waals surface area (Å²) < 4.78 is 66.0. The Morgan fingerprint density at radius 3 is 1.61 bits per heavy atom. The standard InChI is InChI=1S/C39H68O12/c1-11-20-21-22-23-24-25-26-32-27-29-33(30-28-32)49-31(10)50-36(41-12-2)34(38(44-15-5,45-16-6)46-17-7)35(40)51-39(47-18-8,48-19-9)37(42-13-3)43-14-4/h27-31,37H,11-26H2,1-10H3/b36-34+. The highest BCUT2D eigenvalue weighted by molar-refractivity contribution is 5.90. The largest absolute Gasteiger partial charge is 0.465 e. The number of carbonyl (C=O) groups is 1. The zero-order valence-electron chi connectivity index (χ0n) is 33.2. The summed E-state index contributed by atoms with van der Waals surface area (Å²) >= 11 is 0. The average Bonchev–Trinajstić information content (AvgIpc) is 3.09. The van der Waals surface area contributed by atoms with Gasteiger partial charge in [-0.25, -0.2) is 4.79 Å². The molecule has 296 valence electrons. The Balaban J connectivity index is 3.54. The van der Waals surface area contributed by atoms with Crippen LogP contribution < -0.4 is 4.74 Å². The Hall–Kier alpha value is -2.45. The molecule has 0 aliphatic carbocycles. The maximum absolute atomic E-state index is 14.6. The molecule has 0 saturated carbocycles. The molecule has 0 amide bonds. The Morgan fingerprint density at radius 2 is 1.14 bits per heavy atom. The van der Waals surface area contributed by atoms with Gasteiger partial charge in [0.2, 0.25) is 11.9 Å². The van der Waals surface area contributed by atoms with E-state index in [1.807, 2.05) is 12.1 Å². The summed E-state index contributed by atoms with van der Waals surface area (Å²) in [6.45, 7) is 18.9. The molecule has 1 atom stereocenters. The average molecular weight is 729 g/mol. The van der Waals surface area contributed by atoms with Crippen LogP contribution in [0, 0.1) is 0 Å². The summed E-state index contributed by atoms with van der Waals surface area (Å²) in [5.74, 6) is -4.97. The van der Waals surface area contributed by atoms with Crippen LogP contribution in [0.15, 0.2) is 35.8 Å². The highest BCUT2D eigenvalue weighted by Gasteiger charge is 2.54. The van der Waals surface area contributed by atoms with Gasteiger partial charge in [0, 0.05) is 40.0 Å². The van der Waals surface area contributed by atoms with Crippen LogP contribution in [0.4, 0.5) is 0 Å². The number of rotatable bonds is 32. The first kappa shape index (κ1) is 46.6. The van der Waals surface area contributed by atoms with Crippen LogP contribution in [0.2, 0.25) is 0 Å². The van der Waals surface area contributed by atoms with E-state index in [-0.39, 0.29) is 64.4 Å². The van der Waals surface area contributed by atoms with Crippen molar-refractivity contribution in [1.82, 2.24) is 0 Å². The van der Waals surface area contributed by atoms with E-state index in [9.17, 15) is 4.79 Å². The van der Waals surface area contributed by atoms with E-state index >= 15 is 0 Å². The molecule has 0 saturated heterocycles. The van der Waals surface area contributed by atoms with Crippen molar-refractivity contribution in [1.29, 1.82) is 0 Å². The Morgan fingerprint density at radius 1 is 0.627 bits per heavy atom. The van der Waals surface area contributed by atoms with E-state index in [0.29, 0.717) is 5.75 Å². The van der Waals surface area contributed by atoms with Crippen molar-refractivity contribution >= 4 is 5.97 Å². The van der Waals surface area contributed by atoms with Crippen molar-refractivity contribution in [3.05, 3.63) is 41.3 Å². The summed E-state index contributed by atoms with van der Waals surface area (Å²) in [7, 11) is 0. The Kier molecular flexibility index (Phi) is 24.8. The number of esters is 1. The summed E-state index contributed by atoms with van der Waals surface area (Å²) in [5.41, 5.74) is 0.884. The molecule has 1 unspecified atom stereocenters. The van der Waals surface area contributed by atoms with Crippen LogP contribution in [0.1, 0.15) is 120 Å². The monoisotopic (exact) mass is 728 g/mol. The molecule has 12 heteroatoms. The number of benzene rings is 1. The third kappa shape index (κ3) is 16.0. The predicted octanol–water partition coefficient (Wildman–Crippen LogP) is 8.40. The molecule has 0 radical (unpaired) electrons. The third-order valence-electron chi connectivity index (χ3n) is 7.41. The normalized spacial score (nSPS) is 13.2. The number of hydrogen-bond acceptors (Lipinski definition) is 12. The zero-order valence-corrected chi connectivity index (χ0v) is 33.2. The van der Waals surface area contributed by atoms with Crippen LogP contribution in [-0.2, 0) is 58.6 Å². The van der Waals surface area contributed by atoms with Gasteiger partial charge in [-0.1, -0.05) is 57.6 Å². The molecule has 1 rings (SSSR count). The minimum atomic E-state index is -2.12. The molecule has 0 aromatic heterocycles. The van der Waals surface area contributed by atoms with E-state index in [4.69, 9.17) is 52.1 Å². The fourth-order valence-electron chi connectivity index (χ4n) is 5.35. The first-order valence-electron chi connectivity index (χ1n) is 19.2. The SMILES string of the molecule is CCCCCCCCCc1ccc(OC(C)O/C(OCC)=C(\C(=O)OC(OCC)(OCC)C(OCC)OCC)C(OCC)(OCC)OCC)cc1. The minimum Gasteiger partial charge on any atom is -0.465 e. The van der Waals surface area contributed by atoms with Crippen molar-refractivity contribution in [2.24, 2.45) is 0 Å². The van der Waals surface area contributed by atoms with Gasteiger partial charge in [-0.3, -0.25) is 0 Å². The van der Waals surface area contributed by atoms with Gasteiger partial charge >= 0.3 is 23.9 Å². The predicted molar refractivity (Wildman–Crippen MR) is 195 cm³/mol. The maximum Gasteiger partial charge on any atom is 0.383 e. The quantitative estimate of drug-likeness (QED) is 0.0233. The molecule has 0 N–H and O–H groups in total. The lowest BCUT2D eigenvalue weighted by Crippen LogP contribution is -2.55. The zero-order chi connectivity index (χ0) is 38.0. The van der Waals surface area contributed by atoms with Gasteiger partial charge in [-0.15, -0.1) is 0 Å². The first-order valence-corrected chi connectivity index (χ1v) is 19.2. The molecule has 1 aromatic rings. The van der Waals surface area contributed by atoms with Crippen LogP contribution in [0.5, 0.6) is 5.75 Å². The maximum atomic E-state index is 14.6. The molecule has 0 fully saturated rings. The fraction of sp³-hybridized carbons (Fsp3) is 0.769. The molecule has 51 heavy (non-hydrogen) atoms. The fourth-order valence-corrected chi connectivity index (χ4v) is 5.35. The second kappa shape index (κ2) is 27.2. The lowest BCUT2D eigenvalue weighted by molar-refractivity contribution is -0.439. The summed E-state index contributed by atoms with van der Waals surface area (Å²) in [6.07, 6.45) is 7.68. The second-order valence-electron chi connectivity index (χ2n) is 11.4. The number of unbranched alkanes of at least 4 members (excludes halogenated alkanes) is 6. The van der Waals surface area contributed by atoms with Crippen molar-refractivity contribution in [3.8, 4) is 5.75 Å². The van der Waals surface area contributed by atoms with Crippen LogP contribution >= 0.6 is 0 Å². The second-order valence-corrected chi connectivity index (χ2v) is 11.4. The van der Waals surface area contributed by atoms with Gasteiger partial charge in [0.15, 0.2) is 0 Å². The summed E-state index contributed by atoms with van der Waals surface area (Å²) in [6, 6.07) is 7.92. The molecule has 1 aromatic carbocycles. The van der Waals surface area contributed by atoms with Crippen molar-refractivity contribution in [2.45, 2.75) is 145 Å². The van der Waals surface area contributed by atoms with Crippen molar-refractivity contribution < 1.29 is 56.9 Å². The van der Waals surface area contributed by atoms with Crippen molar-refractivity contribution in [3.63, 3.8) is 0 Å². The molecule has 0 spiro atoms. The Bertz CT molecular complexity index is 1030. The van der Waals surface area contributed by atoms with Gasteiger partial charge < -0.3 is 52.1 Å². The molecule has 0 aliphatic heterocycles. The lowest BCUT2D eigenvalue weighted by Gasteiger charge is -2.39. The molecular weight excluding hydrogens is 660 g/mol. The molecular formula is C39H68O12. The van der Waals surface area contributed by atoms with Crippen molar-refractivity contribution in [2.75, 3.05) is 52.9 Å². The number of aryl methyl sites for hydroxylation is 1. The number of hydrogen-bond donors (Lipinski definition) is 0. The summed E-state index contributed by atoms with van der Waals surface area (Å²) in [4.78, 5) is 14.6. The smallest absolute Gasteiger partial charge is 0.383 e. The summed E-state index contributed by atoms with van der Waals surface area (Å²) in [5, 5.41) is 0. The van der Waals surface area contributed by atoms with Crippen LogP contribution in [0.3, 0.4) is 0 Å². The van der Waals surface area contributed by atoms with E-state index in [1.54, 1.807) is 62.3 Å². The van der Waals surface area contributed by atoms with E-state index in [2.05, 4.69) is 19.1 Å². The number of carbonyl (C=O) groups excluding carboxylic acids is 1. The van der Waals surface area contributed by atoms with Gasteiger partial charge in [-0.2, -0.15) is 0 Å². The lowest BCUT2D eigenvalue weighted by atomic mass is 10.0. The first-order chi connectivity index (χ1) is 24.7. The minimum absolute atomic E-state index is 0.0913. The van der Waals surface area contributed by atoms with Crippen LogP contribution in [0.25, 0.3) is 0 Å². The molecule has 0 heterocycles. The van der Waals surface area contributed by atoms with E-state index < -0.39 is 30.5 Å². The van der Waals surface area contributed by atoms with E-state index in [1.165, 1.54) is 44.1 Å². The molecule has 12 nitrogen and oxygen atoms in total. The Labute approximate surface area is 307 Å². The topological polar surface area (TPSA) is 119 Å². The van der Waals surface area contributed by atoms with Gasteiger partial charge in [0.05, 0.1) is 19.8 Å². The van der Waals surface area contributed by atoms with E-state index in [0.717, 1.165) is 12.8 Å². The van der Waals surface area contributed by atoms with Gasteiger partial charge in [-0.05, 0) is 85.9 Å². The van der Waals surface area contributed by atoms with Gasteiger partial charge in [0.1, 0.15) is 5.75 Å². The molecule has 0 bridgehead atoms.